The van der Waals surface area contributed by atoms with Crippen LogP contribution < -0.4 is 0 Å². The first-order chi connectivity index (χ1) is 18.4. The Hall–Kier alpha value is -4.08. The summed E-state index contributed by atoms with van der Waals surface area (Å²) < 4.78 is 84.7. The molecule has 0 aliphatic carbocycles. The van der Waals surface area contributed by atoms with Gasteiger partial charge in [-0.3, -0.25) is 14.8 Å². The van der Waals surface area contributed by atoms with Crippen LogP contribution in [0.15, 0.2) is 70.4 Å². The van der Waals surface area contributed by atoms with Crippen LogP contribution in [0, 0.1) is 18.2 Å². The number of ketones is 1. The first-order valence-electron chi connectivity index (χ1n) is 11.6. The van der Waals surface area contributed by atoms with Gasteiger partial charge in [-0.15, -0.1) is 6.42 Å². The van der Waals surface area contributed by atoms with E-state index >= 15 is 0 Å². The molecule has 1 atom stereocenters. The van der Waals surface area contributed by atoms with Gasteiger partial charge < -0.3 is 4.42 Å². The quantitative estimate of drug-likeness (QED) is 0.205. The number of sulfonamides is 1. The maximum atomic E-state index is 13.5. The van der Waals surface area contributed by atoms with E-state index in [1.807, 2.05) is 0 Å². The molecular formula is C27H21F4N3O4S. The summed E-state index contributed by atoms with van der Waals surface area (Å²) >= 11 is 0. The summed E-state index contributed by atoms with van der Waals surface area (Å²) in [5.41, 5.74) is 0.523. The van der Waals surface area contributed by atoms with Gasteiger partial charge in [0, 0.05) is 35.8 Å². The molecule has 0 radical (unpaired) electrons. The number of alkyl halides is 3. The lowest BCUT2D eigenvalue weighted by atomic mass is 10.0. The third kappa shape index (κ3) is 6.16. The number of Topliss-reactive ketones (excluding diaryl/α,β-unsaturated/α-hetero) is 1. The first kappa shape index (κ1) is 27.9. The number of halogens is 4. The van der Waals surface area contributed by atoms with Gasteiger partial charge in [0.2, 0.25) is 5.09 Å². The largest absolute Gasteiger partial charge is 0.443 e. The number of carbonyl (C=O) groups is 1. The molecule has 7 nitrogen and oxygen atoms in total. The first-order valence-corrected chi connectivity index (χ1v) is 13.0. The smallest absolute Gasteiger partial charge is 0.433 e. The molecule has 0 bridgehead atoms. The molecule has 0 aliphatic heterocycles. The molecule has 4 rings (SSSR count). The summed E-state index contributed by atoms with van der Waals surface area (Å²) in [7, 11) is -4.34. The molecule has 1 aromatic carbocycles. The van der Waals surface area contributed by atoms with Gasteiger partial charge in [-0.25, -0.2) is 12.8 Å². The molecule has 0 amide bonds. The number of furan rings is 1. The fourth-order valence-corrected chi connectivity index (χ4v) is 5.37. The lowest BCUT2D eigenvalue weighted by Crippen LogP contribution is -2.43. The SMILES string of the molecule is C#CCN([C@@H](C)C(=O)CCc1ccnc(-c2ccc(C(F)(F)F)nc2)c1)S(=O)(=O)c1cc2cc(F)ccc2o1. The van der Waals surface area contributed by atoms with Crippen molar-refractivity contribution in [1.82, 2.24) is 14.3 Å². The van der Waals surface area contributed by atoms with E-state index < -0.39 is 51.2 Å². The van der Waals surface area contributed by atoms with E-state index in [2.05, 4.69) is 15.9 Å². The summed E-state index contributed by atoms with van der Waals surface area (Å²) in [5, 5.41) is -0.230. The van der Waals surface area contributed by atoms with Crippen LogP contribution in [0.5, 0.6) is 0 Å². The average molecular weight is 560 g/mol. The Kier molecular flexibility index (Phi) is 7.85. The maximum absolute atomic E-state index is 13.5. The molecule has 3 heterocycles. The van der Waals surface area contributed by atoms with Crippen molar-refractivity contribution in [3.63, 3.8) is 0 Å². The zero-order valence-corrected chi connectivity index (χ0v) is 21.3. The summed E-state index contributed by atoms with van der Waals surface area (Å²) in [6, 6.07) is 8.95. The van der Waals surface area contributed by atoms with E-state index in [-0.39, 0.29) is 23.8 Å². The van der Waals surface area contributed by atoms with Crippen LogP contribution in [0.3, 0.4) is 0 Å². The van der Waals surface area contributed by atoms with Crippen LogP contribution in [0.2, 0.25) is 0 Å². The van der Waals surface area contributed by atoms with Crippen LogP contribution in [0.4, 0.5) is 17.6 Å². The molecule has 202 valence electrons. The van der Waals surface area contributed by atoms with Crippen LogP contribution in [0.25, 0.3) is 22.2 Å². The van der Waals surface area contributed by atoms with Gasteiger partial charge in [0.15, 0.2) is 5.78 Å². The molecule has 12 heteroatoms. The Bertz CT molecular complexity index is 1660. The number of carbonyl (C=O) groups excluding carboxylic acids is 1. The molecule has 3 aromatic heterocycles. The third-order valence-electron chi connectivity index (χ3n) is 6.00. The zero-order chi connectivity index (χ0) is 28.4. The fraction of sp³-hybridized carbons (Fsp3) is 0.222. The topological polar surface area (TPSA) is 93.4 Å². The molecule has 0 spiro atoms. The van der Waals surface area contributed by atoms with Gasteiger partial charge in [-0.05, 0) is 61.4 Å². The second-order valence-electron chi connectivity index (χ2n) is 8.62. The van der Waals surface area contributed by atoms with Gasteiger partial charge >= 0.3 is 6.18 Å². The van der Waals surface area contributed by atoms with E-state index in [0.717, 1.165) is 28.7 Å². The van der Waals surface area contributed by atoms with Crippen molar-refractivity contribution >= 4 is 26.8 Å². The van der Waals surface area contributed by atoms with Crippen molar-refractivity contribution in [2.75, 3.05) is 6.54 Å². The minimum Gasteiger partial charge on any atom is -0.443 e. The van der Waals surface area contributed by atoms with Crippen molar-refractivity contribution in [3.05, 3.63) is 78.0 Å². The second kappa shape index (κ2) is 11.0. The predicted molar refractivity (Wildman–Crippen MR) is 134 cm³/mol. The minimum absolute atomic E-state index is 0.0577. The Morgan fingerprint density at radius 3 is 2.56 bits per heavy atom. The number of benzene rings is 1. The standard InChI is InChI=1S/C27H21F4N3O4S/c1-3-12-34(39(36,37)26-15-20-14-21(28)6-8-24(20)38-26)17(2)23(35)7-4-18-10-11-32-22(13-18)19-5-9-25(33-16-19)27(29,30)31/h1,5-6,8-11,13-17H,4,7,12H2,2H3/t17-/m0/s1. The van der Waals surface area contributed by atoms with Gasteiger partial charge in [-0.1, -0.05) is 5.92 Å². The number of aryl methyl sites for hydroxylation is 1. The van der Waals surface area contributed by atoms with Gasteiger partial charge in [0.25, 0.3) is 10.0 Å². The Morgan fingerprint density at radius 2 is 1.90 bits per heavy atom. The molecule has 4 aromatic rings. The highest BCUT2D eigenvalue weighted by Crippen LogP contribution is 2.29. The summed E-state index contributed by atoms with van der Waals surface area (Å²) in [6.07, 6.45) is 3.50. The van der Waals surface area contributed by atoms with Crippen LogP contribution >= 0.6 is 0 Å². The average Bonchev–Trinajstić information content (AvgIpc) is 3.34. The molecular weight excluding hydrogens is 538 g/mol. The van der Waals surface area contributed by atoms with Crippen molar-refractivity contribution in [2.24, 2.45) is 0 Å². The predicted octanol–water partition coefficient (Wildman–Crippen LogP) is 5.26. The number of hydrogen-bond acceptors (Lipinski definition) is 6. The second-order valence-corrected chi connectivity index (χ2v) is 10.4. The highest BCUT2D eigenvalue weighted by Gasteiger charge is 2.35. The number of hydrogen-bond donors (Lipinski definition) is 0. The number of fused-ring (bicyclic) bond motifs is 1. The molecule has 0 aliphatic rings. The van der Waals surface area contributed by atoms with Crippen LogP contribution in [-0.2, 0) is 27.4 Å². The van der Waals surface area contributed by atoms with Crippen molar-refractivity contribution in [1.29, 1.82) is 0 Å². The summed E-state index contributed by atoms with van der Waals surface area (Å²) in [4.78, 5) is 20.6. The van der Waals surface area contributed by atoms with Crippen LogP contribution in [0.1, 0.15) is 24.6 Å². The van der Waals surface area contributed by atoms with Crippen molar-refractivity contribution in [2.45, 2.75) is 37.1 Å². The third-order valence-corrected chi connectivity index (χ3v) is 7.77. The summed E-state index contributed by atoms with van der Waals surface area (Å²) in [6.45, 7) is 1.01. The number of nitrogens with zero attached hydrogens (tertiary/aromatic N) is 3. The lowest BCUT2D eigenvalue weighted by Gasteiger charge is -2.24. The number of aromatic nitrogens is 2. The van der Waals surface area contributed by atoms with Crippen molar-refractivity contribution in [3.8, 4) is 23.6 Å². The van der Waals surface area contributed by atoms with Crippen molar-refractivity contribution < 1.29 is 35.2 Å². The lowest BCUT2D eigenvalue weighted by molar-refractivity contribution is -0.141. The molecule has 0 saturated heterocycles. The molecule has 0 saturated carbocycles. The van der Waals surface area contributed by atoms with E-state index in [9.17, 15) is 30.8 Å². The van der Waals surface area contributed by atoms with E-state index in [4.69, 9.17) is 10.8 Å². The van der Waals surface area contributed by atoms with Crippen LogP contribution in [-0.4, -0.2) is 41.1 Å². The fourth-order valence-electron chi connectivity index (χ4n) is 3.89. The van der Waals surface area contributed by atoms with E-state index in [1.54, 1.807) is 12.1 Å². The monoisotopic (exact) mass is 559 g/mol. The normalized spacial score (nSPS) is 12.9. The van der Waals surface area contributed by atoms with Gasteiger partial charge in [0.1, 0.15) is 17.1 Å². The highest BCUT2D eigenvalue weighted by molar-refractivity contribution is 7.89. The van der Waals surface area contributed by atoms with Gasteiger partial charge in [-0.2, -0.15) is 17.5 Å². The van der Waals surface area contributed by atoms with Gasteiger partial charge in [0.05, 0.1) is 18.3 Å². The minimum atomic E-state index is -4.56. The Morgan fingerprint density at radius 1 is 1.13 bits per heavy atom. The Labute approximate surface area is 221 Å². The van der Waals surface area contributed by atoms with E-state index in [1.165, 1.54) is 31.3 Å². The number of pyridine rings is 2. The number of rotatable bonds is 9. The zero-order valence-electron chi connectivity index (χ0n) is 20.4. The Balaban J connectivity index is 1.49. The molecule has 0 unspecified atom stereocenters. The number of terminal acetylenes is 1. The maximum Gasteiger partial charge on any atom is 0.433 e. The van der Waals surface area contributed by atoms with E-state index in [0.29, 0.717) is 16.8 Å². The molecule has 39 heavy (non-hydrogen) atoms. The highest BCUT2D eigenvalue weighted by atomic mass is 32.2. The summed E-state index contributed by atoms with van der Waals surface area (Å²) in [5.74, 6) is 1.25. The molecule has 0 N–H and O–H groups in total. The molecule has 0 fully saturated rings.